The normalized spacial score (nSPS) is 25.2. The smallest absolute Gasteiger partial charge is 0.153 e. The summed E-state index contributed by atoms with van der Waals surface area (Å²) in [5, 5.41) is 4.66. The van der Waals surface area contributed by atoms with Crippen molar-refractivity contribution in [2.24, 2.45) is 5.92 Å². The van der Waals surface area contributed by atoms with E-state index in [1.54, 1.807) is 6.20 Å². The summed E-state index contributed by atoms with van der Waals surface area (Å²) in [6, 6.07) is 4.12. The molecular formula is C18H27N5O. The summed E-state index contributed by atoms with van der Waals surface area (Å²) in [6.45, 7) is 10.9. The maximum Gasteiger partial charge on any atom is 0.153 e. The molecule has 0 N–H and O–H groups in total. The molecule has 0 radical (unpaired) electrons. The zero-order valence-electron chi connectivity index (χ0n) is 14.7. The van der Waals surface area contributed by atoms with Crippen molar-refractivity contribution in [1.29, 1.82) is 0 Å². The average molecular weight is 329 g/mol. The van der Waals surface area contributed by atoms with Gasteiger partial charge in [0, 0.05) is 51.7 Å². The molecule has 0 spiro atoms. The topological polar surface area (TPSA) is 45.9 Å². The fraction of sp³-hybridized carbons (Fsp3) is 0.667. The monoisotopic (exact) mass is 329 g/mol. The van der Waals surface area contributed by atoms with Gasteiger partial charge in [0.05, 0.1) is 5.60 Å². The fourth-order valence-corrected chi connectivity index (χ4v) is 4.01. The van der Waals surface area contributed by atoms with Crippen LogP contribution in [0, 0.1) is 5.92 Å². The summed E-state index contributed by atoms with van der Waals surface area (Å²) in [5.74, 6) is 1.81. The molecule has 6 nitrogen and oxygen atoms in total. The van der Waals surface area contributed by atoms with Crippen LogP contribution in [0.1, 0.15) is 26.7 Å². The van der Waals surface area contributed by atoms with Crippen molar-refractivity contribution in [3.8, 4) is 0 Å². The molecule has 1 unspecified atom stereocenters. The number of rotatable bonds is 3. The largest absolute Gasteiger partial charge is 0.376 e. The lowest BCUT2D eigenvalue weighted by molar-refractivity contribution is -0.0769. The van der Waals surface area contributed by atoms with Crippen molar-refractivity contribution in [2.75, 3.05) is 44.2 Å². The number of aromatic nitrogens is 3. The predicted molar refractivity (Wildman–Crippen MR) is 94.4 cm³/mol. The maximum atomic E-state index is 5.85. The molecule has 2 aliphatic rings. The van der Waals surface area contributed by atoms with E-state index in [9.17, 15) is 0 Å². The summed E-state index contributed by atoms with van der Waals surface area (Å²) in [7, 11) is 0. The molecular weight excluding hydrogens is 302 g/mol. The first-order valence-corrected chi connectivity index (χ1v) is 9.01. The van der Waals surface area contributed by atoms with Crippen LogP contribution in [0.25, 0.3) is 5.65 Å². The zero-order chi connectivity index (χ0) is 16.6. The van der Waals surface area contributed by atoms with E-state index in [-0.39, 0.29) is 5.60 Å². The summed E-state index contributed by atoms with van der Waals surface area (Å²) in [4.78, 5) is 9.25. The van der Waals surface area contributed by atoms with Gasteiger partial charge in [0.15, 0.2) is 5.65 Å². The highest BCUT2D eigenvalue weighted by atomic mass is 16.5. The van der Waals surface area contributed by atoms with Gasteiger partial charge in [-0.1, -0.05) is 0 Å². The van der Waals surface area contributed by atoms with Gasteiger partial charge >= 0.3 is 0 Å². The molecule has 2 saturated heterocycles. The van der Waals surface area contributed by atoms with E-state index < -0.39 is 0 Å². The van der Waals surface area contributed by atoms with Gasteiger partial charge in [0.2, 0.25) is 0 Å². The van der Waals surface area contributed by atoms with Crippen LogP contribution in [0.4, 0.5) is 5.82 Å². The van der Waals surface area contributed by atoms with Gasteiger partial charge < -0.3 is 9.64 Å². The van der Waals surface area contributed by atoms with Crippen LogP contribution >= 0.6 is 0 Å². The van der Waals surface area contributed by atoms with Crippen LogP contribution in [0.2, 0.25) is 0 Å². The molecule has 2 aromatic heterocycles. The molecule has 2 fully saturated rings. The Bertz CT molecular complexity index is 690. The Morgan fingerprint density at radius 2 is 2.04 bits per heavy atom. The molecule has 1 atom stereocenters. The van der Waals surface area contributed by atoms with Gasteiger partial charge in [-0.3, -0.25) is 4.90 Å². The first-order valence-electron chi connectivity index (χ1n) is 9.01. The molecule has 0 saturated carbocycles. The Morgan fingerprint density at radius 3 is 2.83 bits per heavy atom. The van der Waals surface area contributed by atoms with Crippen molar-refractivity contribution in [2.45, 2.75) is 32.3 Å². The molecule has 0 aliphatic carbocycles. The molecule has 0 aromatic carbocycles. The van der Waals surface area contributed by atoms with E-state index in [1.165, 1.54) is 19.4 Å². The highest BCUT2D eigenvalue weighted by Gasteiger charge is 2.30. The van der Waals surface area contributed by atoms with E-state index >= 15 is 0 Å². The van der Waals surface area contributed by atoms with E-state index in [4.69, 9.17) is 4.74 Å². The Kier molecular flexibility index (Phi) is 4.18. The van der Waals surface area contributed by atoms with Crippen LogP contribution < -0.4 is 4.90 Å². The first kappa shape index (κ1) is 15.8. The lowest BCUT2D eigenvalue weighted by Gasteiger charge is -2.40. The standard InChI is InChI=1S/C18H27N5O/c1-18(2)13-15(5-12-24-18)14-21-8-10-22(11-9-21)17-4-3-16-19-6-7-23(16)20-17/h3-4,6-7,15H,5,8-14H2,1-2H3. The van der Waals surface area contributed by atoms with Crippen LogP contribution in [0.3, 0.4) is 0 Å². The van der Waals surface area contributed by atoms with E-state index in [0.717, 1.165) is 50.2 Å². The lowest BCUT2D eigenvalue weighted by atomic mass is 9.88. The average Bonchev–Trinajstić information content (AvgIpc) is 3.02. The molecule has 2 aliphatic heterocycles. The third-order valence-electron chi connectivity index (χ3n) is 5.25. The molecule has 4 heterocycles. The van der Waals surface area contributed by atoms with Crippen LogP contribution in [-0.4, -0.2) is 64.4 Å². The maximum absolute atomic E-state index is 5.85. The lowest BCUT2D eigenvalue weighted by Crippen LogP contribution is -2.49. The van der Waals surface area contributed by atoms with Gasteiger partial charge in [0.25, 0.3) is 0 Å². The third-order valence-corrected chi connectivity index (χ3v) is 5.25. The van der Waals surface area contributed by atoms with Gasteiger partial charge in [-0.25, -0.2) is 9.50 Å². The summed E-state index contributed by atoms with van der Waals surface area (Å²) in [6.07, 6.45) is 6.07. The Hall–Kier alpha value is -1.66. The van der Waals surface area contributed by atoms with Gasteiger partial charge in [-0.15, -0.1) is 5.10 Å². The Morgan fingerprint density at radius 1 is 1.21 bits per heavy atom. The Labute approximate surface area is 143 Å². The van der Waals surface area contributed by atoms with Gasteiger partial charge in [-0.2, -0.15) is 0 Å². The minimum Gasteiger partial charge on any atom is -0.376 e. The zero-order valence-corrected chi connectivity index (χ0v) is 14.7. The van der Waals surface area contributed by atoms with E-state index in [2.05, 4.69) is 39.8 Å². The Balaban J connectivity index is 1.33. The number of piperazine rings is 1. The minimum absolute atomic E-state index is 0.0505. The van der Waals surface area contributed by atoms with Crippen molar-refractivity contribution in [1.82, 2.24) is 19.5 Å². The van der Waals surface area contributed by atoms with Gasteiger partial charge in [0.1, 0.15) is 5.82 Å². The molecule has 2 aromatic rings. The van der Waals surface area contributed by atoms with E-state index in [1.807, 2.05) is 16.8 Å². The number of ether oxygens (including phenoxy) is 1. The number of anilines is 1. The van der Waals surface area contributed by atoms with E-state index in [0.29, 0.717) is 0 Å². The number of nitrogens with zero attached hydrogens (tertiary/aromatic N) is 5. The molecule has 0 amide bonds. The summed E-state index contributed by atoms with van der Waals surface area (Å²) < 4.78 is 7.70. The summed E-state index contributed by atoms with van der Waals surface area (Å²) in [5.41, 5.74) is 0.953. The second-order valence-corrected chi connectivity index (χ2v) is 7.68. The van der Waals surface area contributed by atoms with Crippen LogP contribution in [-0.2, 0) is 4.74 Å². The molecule has 4 rings (SSSR count). The molecule has 24 heavy (non-hydrogen) atoms. The highest BCUT2D eigenvalue weighted by molar-refractivity contribution is 5.46. The number of fused-ring (bicyclic) bond motifs is 1. The minimum atomic E-state index is 0.0505. The van der Waals surface area contributed by atoms with Gasteiger partial charge in [-0.05, 0) is 44.7 Å². The number of hydrogen-bond donors (Lipinski definition) is 0. The van der Waals surface area contributed by atoms with Crippen LogP contribution in [0.15, 0.2) is 24.5 Å². The van der Waals surface area contributed by atoms with Crippen molar-refractivity contribution in [3.05, 3.63) is 24.5 Å². The molecule has 6 heteroatoms. The molecule has 0 bridgehead atoms. The third kappa shape index (κ3) is 3.39. The van der Waals surface area contributed by atoms with Crippen LogP contribution in [0.5, 0.6) is 0 Å². The van der Waals surface area contributed by atoms with Crippen molar-refractivity contribution >= 4 is 11.5 Å². The second kappa shape index (κ2) is 6.33. The van der Waals surface area contributed by atoms with Crippen molar-refractivity contribution < 1.29 is 4.74 Å². The van der Waals surface area contributed by atoms with Crippen molar-refractivity contribution in [3.63, 3.8) is 0 Å². The summed E-state index contributed by atoms with van der Waals surface area (Å²) >= 11 is 0. The second-order valence-electron chi connectivity index (χ2n) is 7.68. The highest BCUT2D eigenvalue weighted by Crippen LogP contribution is 2.29. The predicted octanol–water partition coefficient (Wildman–Crippen LogP) is 2.06. The first-order chi connectivity index (χ1) is 11.6. The number of imidazole rings is 1. The number of hydrogen-bond acceptors (Lipinski definition) is 5. The SMILES string of the molecule is CC1(C)CC(CN2CCN(c3ccc4nccn4n3)CC2)CCO1. The quantitative estimate of drug-likeness (QED) is 0.862. The molecule has 130 valence electrons. The fourth-order valence-electron chi connectivity index (χ4n) is 4.01.